The zero-order chi connectivity index (χ0) is 19.8. The van der Waals surface area contributed by atoms with Gasteiger partial charge in [-0.15, -0.1) is 11.3 Å². The number of anilines is 1. The maximum atomic E-state index is 13.8. The Hall–Kier alpha value is -3.23. The third kappa shape index (κ3) is 3.23. The van der Waals surface area contributed by atoms with E-state index in [2.05, 4.69) is 10.3 Å². The summed E-state index contributed by atoms with van der Waals surface area (Å²) < 4.78 is 19.2. The van der Waals surface area contributed by atoms with Crippen molar-refractivity contribution in [2.75, 3.05) is 5.32 Å². The molecule has 0 bridgehead atoms. The van der Waals surface area contributed by atoms with Crippen LogP contribution in [0.2, 0.25) is 5.02 Å². The predicted molar refractivity (Wildman–Crippen MR) is 104 cm³/mol. The first kappa shape index (κ1) is 18.1. The molecule has 0 spiro atoms. The van der Waals surface area contributed by atoms with Gasteiger partial charge in [-0.3, -0.25) is 4.79 Å². The van der Waals surface area contributed by atoms with Crippen molar-refractivity contribution in [1.29, 1.82) is 0 Å². The number of nitrogens with one attached hydrogen (secondary N) is 1. The molecule has 0 radical (unpaired) electrons. The molecule has 2 N–H and O–H groups in total. The second-order valence-electron chi connectivity index (χ2n) is 5.73. The van der Waals surface area contributed by atoms with Crippen LogP contribution in [-0.4, -0.2) is 22.0 Å². The maximum Gasteiger partial charge on any atom is 0.339 e. The highest BCUT2D eigenvalue weighted by atomic mass is 35.5. The SMILES string of the molecule is O=C(Nc1csc(-c2ccc(Cl)c(F)c2)c1C(=O)O)c1nc2ccccc2o1. The number of carbonyl (C=O) groups is 2. The number of hydrogen-bond acceptors (Lipinski definition) is 5. The van der Waals surface area contributed by atoms with E-state index in [9.17, 15) is 19.1 Å². The maximum absolute atomic E-state index is 13.8. The molecule has 140 valence electrons. The number of carboxylic acids is 1. The van der Waals surface area contributed by atoms with Crippen molar-refractivity contribution in [3.8, 4) is 10.4 Å². The molecule has 28 heavy (non-hydrogen) atoms. The number of rotatable bonds is 4. The van der Waals surface area contributed by atoms with E-state index in [-0.39, 0.29) is 27.0 Å². The Balaban J connectivity index is 1.69. The van der Waals surface area contributed by atoms with Crippen LogP contribution in [-0.2, 0) is 0 Å². The lowest BCUT2D eigenvalue weighted by molar-refractivity contribution is 0.0699. The average molecular weight is 417 g/mol. The zero-order valence-corrected chi connectivity index (χ0v) is 15.5. The molecule has 2 heterocycles. The number of amides is 1. The van der Waals surface area contributed by atoms with Gasteiger partial charge in [0.25, 0.3) is 5.89 Å². The Morgan fingerprint density at radius 2 is 2.00 bits per heavy atom. The monoisotopic (exact) mass is 416 g/mol. The van der Waals surface area contributed by atoms with Gasteiger partial charge in [0.15, 0.2) is 5.58 Å². The number of halogens is 2. The molecule has 0 atom stereocenters. The molecule has 0 aliphatic carbocycles. The van der Waals surface area contributed by atoms with Gasteiger partial charge in [-0.1, -0.05) is 29.8 Å². The highest BCUT2D eigenvalue weighted by Crippen LogP contribution is 2.37. The number of carboxylic acid groups (broad SMARTS) is 1. The summed E-state index contributed by atoms with van der Waals surface area (Å²) in [6.07, 6.45) is 0. The lowest BCUT2D eigenvalue weighted by atomic mass is 10.1. The standard InChI is InChI=1S/C19H10ClFN2O4S/c20-10-6-5-9(7-11(10)21)16-15(19(25)26)13(8-28-16)22-17(24)18-23-12-3-1-2-4-14(12)27-18/h1-8H,(H,22,24)(H,25,26). The molecule has 0 saturated heterocycles. The minimum atomic E-state index is -1.26. The molecule has 0 saturated carbocycles. The summed E-state index contributed by atoms with van der Waals surface area (Å²) in [7, 11) is 0. The highest BCUT2D eigenvalue weighted by molar-refractivity contribution is 7.14. The quantitative estimate of drug-likeness (QED) is 0.471. The molecule has 4 rings (SSSR count). The van der Waals surface area contributed by atoms with E-state index in [4.69, 9.17) is 16.0 Å². The van der Waals surface area contributed by atoms with Gasteiger partial charge >= 0.3 is 11.9 Å². The highest BCUT2D eigenvalue weighted by Gasteiger charge is 2.23. The van der Waals surface area contributed by atoms with Gasteiger partial charge in [-0.2, -0.15) is 0 Å². The van der Waals surface area contributed by atoms with E-state index in [0.29, 0.717) is 16.7 Å². The molecule has 2 aromatic carbocycles. The Morgan fingerprint density at radius 1 is 1.21 bits per heavy atom. The summed E-state index contributed by atoms with van der Waals surface area (Å²) in [5.74, 6) is -2.81. The number of hydrogen-bond donors (Lipinski definition) is 2. The van der Waals surface area contributed by atoms with Crippen LogP contribution in [0.25, 0.3) is 21.5 Å². The van der Waals surface area contributed by atoms with Crippen molar-refractivity contribution >= 4 is 51.6 Å². The summed E-state index contributed by atoms with van der Waals surface area (Å²) >= 11 is 6.74. The molecular weight excluding hydrogens is 407 g/mol. The number of fused-ring (bicyclic) bond motifs is 1. The van der Waals surface area contributed by atoms with E-state index in [1.54, 1.807) is 24.3 Å². The molecule has 0 fully saturated rings. The molecule has 6 nitrogen and oxygen atoms in total. The van der Waals surface area contributed by atoms with Crippen molar-refractivity contribution in [2.24, 2.45) is 0 Å². The lowest BCUT2D eigenvalue weighted by Gasteiger charge is -2.05. The van der Waals surface area contributed by atoms with Crippen molar-refractivity contribution < 1.29 is 23.5 Å². The van der Waals surface area contributed by atoms with E-state index >= 15 is 0 Å². The van der Waals surface area contributed by atoms with Crippen molar-refractivity contribution in [1.82, 2.24) is 4.98 Å². The second-order valence-corrected chi connectivity index (χ2v) is 7.02. The second kappa shape index (κ2) is 7.06. The van der Waals surface area contributed by atoms with Gasteiger partial charge in [0, 0.05) is 5.38 Å². The number of carbonyl (C=O) groups excluding carboxylic acids is 1. The van der Waals surface area contributed by atoms with Crippen LogP contribution in [0.3, 0.4) is 0 Å². The number of nitrogens with zero attached hydrogens (tertiary/aromatic N) is 1. The third-order valence-corrected chi connectivity index (χ3v) is 5.26. The Morgan fingerprint density at radius 3 is 2.71 bits per heavy atom. The van der Waals surface area contributed by atoms with Crippen LogP contribution in [0.15, 0.2) is 52.3 Å². The minimum absolute atomic E-state index is 0.0649. The summed E-state index contributed by atoms with van der Waals surface area (Å²) in [5.41, 5.74) is 1.19. The Kier molecular flexibility index (Phi) is 4.58. The van der Waals surface area contributed by atoms with Crippen molar-refractivity contribution in [3.05, 3.63) is 70.1 Å². The average Bonchev–Trinajstić information content (AvgIpc) is 3.28. The number of aromatic nitrogens is 1. The smallest absolute Gasteiger partial charge is 0.339 e. The first-order chi connectivity index (χ1) is 13.4. The lowest BCUT2D eigenvalue weighted by Crippen LogP contribution is -2.14. The van der Waals surface area contributed by atoms with Crippen LogP contribution in [0.5, 0.6) is 0 Å². The molecule has 4 aromatic rings. The first-order valence-electron chi connectivity index (χ1n) is 7.91. The van der Waals surface area contributed by atoms with E-state index in [1.165, 1.54) is 17.5 Å². The molecule has 2 aromatic heterocycles. The number of benzene rings is 2. The molecule has 1 amide bonds. The first-order valence-corrected chi connectivity index (χ1v) is 9.17. The number of oxazole rings is 1. The van der Waals surface area contributed by atoms with Crippen molar-refractivity contribution in [2.45, 2.75) is 0 Å². The zero-order valence-electron chi connectivity index (χ0n) is 13.9. The third-order valence-electron chi connectivity index (χ3n) is 3.92. The van der Waals surface area contributed by atoms with E-state index < -0.39 is 17.7 Å². The Bertz CT molecular complexity index is 1200. The largest absolute Gasteiger partial charge is 0.478 e. The van der Waals surface area contributed by atoms with Gasteiger partial charge < -0.3 is 14.8 Å². The summed E-state index contributed by atoms with van der Waals surface area (Å²) in [6.45, 7) is 0. The van der Waals surface area contributed by atoms with Gasteiger partial charge in [-0.05, 0) is 29.8 Å². The van der Waals surface area contributed by atoms with Crippen LogP contribution in [0.1, 0.15) is 21.0 Å². The normalized spacial score (nSPS) is 10.9. The van der Waals surface area contributed by atoms with Crippen LogP contribution >= 0.6 is 22.9 Å². The fourth-order valence-corrected chi connectivity index (χ4v) is 3.77. The van der Waals surface area contributed by atoms with Crippen LogP contribution < -0.4 is 5.32 Å². The number of thiophene rings is 1. The molecule has 9 heteroatoms. The van der Waals surface area contributed by atoms with Gasteiger partial charge in [0.1, 0.15) is 16.9 Å². The minimum Gasteiger partial charge on any atom is -0.478 e. The number of aromatic carboxylic acids is 1. The van der Waals surface area contributed by atoms with Gasteiger partial charge in [-0.25, -0.2) is 14.2 Å². The van der Waals surface area contributed by atoms with E-state index in [0.717, 1.165) is 17.4 Å². The van der Waals surface area contributed by atoms with Crippen LogP contribution in [0.4, 0.5) is 10.1 Å². The molecular formula is C19H10ClFN2O4S. The molecule has 0 unspecified atom stereocenters. The number of para-hydroxylation sites is 2. The summed E-state index contributed by atoms with van der Waals surface area (Å²) in [6, 6.07) is 10.9. The summed E-state index contributed by atoms with van der Waals surface area (Å²) in [5, 5.41) is 13.5. The Labute approximate surface area is 166 Å². The van der Waals surface area contributed by atoms with Gasteiger partial charge in [0.05, 0.1) is 15.6 Å². The fourth-order valence-electron chi connectivity index (χ4n) is 2.66. The molecule has 0 aliphatic rings. The van der Waals surface area contributed by atoms with E-state index in [1.807, 2.05) is 0 Å². The topological polar surface area (TPSA) is 92.4 Å². The predicted octanol–water partition coefficient (Wildman–Crippen LogP) is 5.30. The van der Waals surface area contributed by atoms with Gasteiger partial charge in [0.2, 0.25) is 0 Å². The van der Waals surface area contributed by atoms with Crippen molar-refractivity contribution in [3.63, 3.8) is 0 Å². The molecule has 0 aliphatic heterocycles. The van der Waals surface area contributed by atoms with Crippen LogP contribution in [0, 0.1) is 5.82 Å². The fraction of sp³-hybridized carbons (Fsp3) is 0. The summed E-state index contributed by atoms with van der Waals surface area (Å²) in [4.78, 5) is 28.6.